The Labute approximate surface area is 170 Å². The Kier molecular flexibility index (Phi) is 7.19. The van der Waals surface area contributed by atoms with Crippen molar-refractivity contribution >= 4 is 17.5 Å². The first-order valence-electron chi connectivity index (χ1n) is 9.89. The van der Waals surface area contributed by atoms with Crippen LogP contribution in [0.2, 0.25) is 0 Å². The molecule has 2 aromatic carbocycles. The molecule has 29 heavy (non-hydrogen) atoms. The van der Waals surface area contributed by atoms with Crippen molar-refractivity contribution in [3.05, 3.63) is 66.0 Å². The van der Waals surface area contributed by atoms with E-state index in [-0.39, 0.29) is 11.9 Å². The van der Waals surface area contributed by atoms with Gasteiger partial charge in [-0.2, -0.15) is 0 Å². The molecule has 154 valence electrons. The standard InChI is InChI=1S/C22H27FN4O2/c1-17(18-5-3-2-4-6-18)25-22(29)21(28)24-11-12-26-13-15-27(16-14-26)20-9-7-19(23)8-10-20/h2-10,17H,11-16H2,1H3,(H,24,28)(H,25,29)/t17-/m0/s1. The molecule has 1 heterocycles. The highest BCUT2D eigenvalue weighted by atomic mass is 19.1. The molecule has 6 nitrogen and oxygen atoms in total. The third kappa shape index (κ3) is 6.02. The molecule has 0 aromatic heterocycles. The summed E-state index contributed by atoms with van der Waals surface area (Å²) in [5.41, 5.74) is 1.97. The molecular weight excluding hydrogens is 371 g/mol. The van der Waals surface area contributed by atoms with Crippen molar-refractivity contribution in [1.29, 1.82) is 0 Å². The van der Waals surface area contributed by atoms with Crippen LogP contribution < -0.4 is 15.5 Å². The highest BCUT2D eigenvalue weighted by Crippen LogP contribution is 2.16. The van der Waals surface area contributed by atoms with Gasteiger partial charge in [-0.1, -0.05) is 30.3 Å². The fourth-order valence-corrected chi connectivity index (χ4v) is 3.38. The molecule has 0 unspecified atom stereocenters. The number of amides is 2. The zero-order valence-electron chi connectivity index (χ0n) is 16.6. The monoisotopic (exact) mass is 398 g/mol. The van der Waals surface area contributed by atoms with E-state index in [9.17, 15) is 14.0 Å². The van der Waals surface area contributed by atoms with Crippen molar-refractivity contribution in [2.45, 2.75) is 13.0 Å². The fraction of sp³-hybridized carbons (Fsp3) is 0.364. The molecule has 1 atom stereocenters. The normalized spacial score (nSPS) is 15.6. The van der Waals surface area contributed by atoms with E-state index in [0.717, 1.165) is 37.4 Å². The number of rotatable bonds is 6. The van der Waals surface area contributed by atoms with E-state index in [1.807, 2.05) is 37.3 Å². The number of carbonyl (C=O) groups excluding carboxylic acids is 2. The van der Waals surface area contributed by atoms with Crippen LogP contribution in [0.4, 0.5) is 10.1 Å². The van der Waals surface area contributed by atoms with E-state index in [1.54, 1.807) is 12.1 Å². The van der Waals surface area contributed by atoms with E-state index in [4.69, 9.17) is 0 Å². The second-order valence-corrected chi connectivity index (χ2v) is 7.17. The lowest BCUT2D eigenvalue weighted by Crippen LogP contribution is -2.49. The first-order chi connectivity index (χ1) is 14.0. The van der Waals surface area contributed by atoms with Crippen LogP contribution in [-0.2, 0) is 9.59 Å². The number of anilines is 1. The summed E-state index contributed by atoms with van der Waals surface area (Å²) in [5.74, 6) is -1.47. The molecule has 2 amide bonds. The van der Waals surface area contributed by atoms with E-state index in [1.165, 1.54) is 12.1 Å². The first kappa shape index (κ1) is 20.8. The lowest BCUT2D eigenvalue weighted by Gasteiger charge is -2.36. The van der Waals surface area contributed by atoms with E-state index < -0.39 is 11.8 Å². The Balaban J connectivity index is 1.35. The van der Waals surface area contributed by atoms with Crippen molar-refractivity contribution in [3.63, 3.8) is 0 Å². The van der Waals surface area contributed by atoms with Crippen molar-refractivity contribution < 1.29 is 14.0 Å². The van der Waals surface area contributed by atoms with E-state index in [2.05, 4.69) is 20.4 Å². The minimum atomic E-state index is -0.623. The number of benzene rings is 2. The molecule has 0 bridgehead atoms. The van der Waals surface area contributed by atoms with Gasteiger partial charge < -0.3 is 15.5 Å². The van der Waals surface area contributed by atoms with Crippen LogP contribution in [0.1, 0.15) is 18.5 Å². The molecule has 0 radical (unpaired) electrons. The van der Waals surface area contributed by atoms with Gasteiger partial charge >= 0.3 is 11.8 Å². The number of hydrogen-bond donors (Lipinski definition) is 2. The number of nitrogens with one attached hydrogen (secondary N) is 2. The molecule has 3 rings (SSSR count). The number of nitrogens with zero attached hydrogens (tertiary/aromatic N) is 2. The van der Waals surface area contributed by atoms with Gasteiger partial charge in [0.15, 0.2) is 0 Å². The van der Waals surface area contributed by atoms with Crippen LogP contribution in [0.25, 0.3) is 0 Å². The van der Waals surface area contributed by atoms with Crippen molar-refractivity contribution in [2.75, 3.05) is 44.2 Å². The van der Waals surface area contributed by atoms with Crippen LogP contribution in [0.15, 0.2) is 54.6 Å². The van der Waals surface area contributed by atoms with E-state index in [0.29, 0.717) is 13.1 Å². The zero-order valence-corrected chi connectivity index (χ0v) is 16.6. The second kappa shape index (κ2) is 10.0. The Morgan fingerprint density at radius 2 is 1.62 bits per heavy atom. The Morgan fingerprint density at radius 3 is 2.28 bits per heavy atom. The average molecular weight is 398 g/mol. The largest absolute Gasteiger partial charge is 0.369 e. The Bertz CT molecular complexity index is 805. The topological polar surface area (TPSA) is 64.7 Å². The summed E-state index contributed by atoms with van der Waals surface area (Å²) in [5, 5.41) is 5.40. The minimum Gasteiger partial charge on any atom is -0.369 e. The lowest BCUT2D eigenvalue weighted by atomic mass is 10.1. The summed E-state index contributed by atoms with van der Waals surface area (Å²) >= 11 is 0. The number of halogens is 1. The van der Waals surface area contributed by atoms with Gasteiger partial charge in [0.1, 0.15) is 5.82 Å². The van der Waals surface area contributed by atoms with Crippen LogP contribution in [0.5, 0.6) is 0 Å². The minimum absolute atomic E-state index is 0.228. The van der Waals surface area contributed by atoms with Gasteiger partial charge in [0.2, 0.25) is 0 Å². The lowest BCUT2D eigenvalue weighted by molar-refractivity contribution is -0.139. The molecule has 2 aromatic rings. The summed E-state index contributed by atoms with van der Waals surface area (Å²) in [6.07, 6.45) is 0. The predicted molar refractivity (Wildman–Crippen MR) is 111 cm³/mol. The highest BCUT2D eigenvalue weighted by Gasteiger charge is 2.19. The molecule has 7 heteroatoms. The SMILES string of the molecule is C[C@H](NC(=O)C(=O)NCCN1CCN(c2ccc(F)cc2)CC1)c1ccccc1. The Morgan fingerprint density at radius 1 is 0.966 bits per heavy atom. The first-order valence-corrected chi connectivity index (χ1v) is 9.89. The van der Waals surface area contributed by atoms with Crippen LogP contribution in [0, 0.1) is 5.82 Å². The molecule has 1 aliphatic heterocycles. The van der Waals surface area contributed by atoms with Gasteiger partial charge in [0.25, 0.3) is 0 Å². The molecule has 2 N–H and O–H groups in total. The molecule has 0 spiro atoms. The van der Waals surface area contributed by atoms with Gasteiger partial charge in [-0.05, 0) is 36.8 Å². The van der Waals surface area contributed by atoms with Crippen molar-refractivity contribution in [3.8, 4) is 0 Å². The van der Waals surface area contributed by atoms with Crippen LogP contribution in [0.3, 0.4) is 0 Å². The molecule has 0 saturated carbocycles. The van der Waals surface area contributed by atoms with Crippen molar-refractivity contribution in [1.82, 2.24) is 15.5 Å². The molecule has 1 aliphatic rings. The van der Waals surface area contributed by atoms with Crippen molar-refractivity contribution in [2.24, 2.45) is 0 Å². The van der Waals surface area contributed by atoms with Gasteiger partial charge in [0, 0.05) is 45.0 Å². The van der Waals surface area contributed by atoms with Crippen LogP contribution in [-0.4, -0.2) is 56.0 Å². The third-order valence-corrected chi connectivity index (χ3v) is 5.13. The second-order valence-electron chi connectivity index (χ2n) is 7.17. The molecule has 1 fully saturated rings. The van der Waals surface area contributed by atoms with Gasteiger partial charge in [-0.15, -0.1) is 0 Å². The van der Waals surface area contributed by atoms with E-state index >= 15 is 0 Å². The molecule has 0 aliphatic carbocycles. The zero-order chi connectivity index (χ0) is 20.6. The average Bonchev–Trinajstić information content (AvgIpc) is 2.75. The summed E-state index contributed by atoms with van der Waals surface area (Å²) in [7, 11) is 0. The number of hydrogen-bond acceptors (Lipinski definition) is 4. The summed E-state index contributed by atoms with van der Waals surface area (Å²) in [4.78, 5) is 28.6. The quantitative estimate of drug-likeness (QED) is 0.730. The molecule has 1 saturated heterocycles. The van der Waals surface area contributed by atoms with Gasteiger partial charge in [-0.25, -0.2) is 4.39 Å². The predicted octanol–water partition coefficient (Wildman–Crippen LogP) is 1.94. The third-order valence-electron chi connectivity index (χ3n) is 5.13. The summed E-state index contributed by atoms with van der Waals surface area (Å²) in [6, 6.07) is 15.8. The number of carbonyl (C=O) groups is 2. The molecular formula is C22H27FN4O2. The maximum Gasteiger partial charge on any atom is 0.309 e. The smallest absolute Gasteiger partial charge is 0.309 e. The maximum atomic E-state index is 13.0. The van der Waals surface area contributed by atoms with Gasteiger partial charge in [0.05, 0.1) is 6.04 Å². The maximum absolute atomic E-state index is 13.0. The Hall–Kier alpha value is -2.93. The summed E-state index contributed by atoms with van der Waals surface area (Å²) < 4.78 is 13.0. The highest BCUT2D eigenvalue weighted by molar-refractivity contribution is 6.35. The number of piperazine rings is 1. The fourth-order valence-electron chi connectivity index (χ4n) is 3.38. The van der Waals surface area contributed by atoms with Crippen LogP contribution >= 0.6 is 0 Å². The van der Waals surface area contributed by atoms with Gasteiger partial charge in [-0.3, -0.25) is 14.5 Å². The summed E-state index contributed by atoms with van der Waals surface area (Å²) in [6.45, 7) is 6.34.